The van der Waals surface area contributed by atoms with Crippen LogP contribution in [0.2, 0.25) is 10.0 Å². The SMILES string of the molecule is CC(C)(C)CC1NCC(c2cccc(Cl)c2)C1C(=O)Nc1ccc(F)c(Cl)c1.CC1(O)CC(NC=O)C1. The van der Waals surface area contributed by atoms with Gasteiger partial charge in [-0.3, -0.25) is 9.59 Å². The van der Waals surface area contributed by atoms with Crippen molar-refractivity contribution in [2.75, 3.05) is 11.9 Å². The van der Waals surface area contributed by atoms with Crippen LogP contribution in [0.5, 0.6) is 0 Å². The molecule has 0 spiro atoms. The van der Waals surface area contributed by atoms with Crippen molar-refractivity contribution in [2.45, 2.75) is 70.6 Å². The number of nitrogens with one attached hydrogen (secondary N) is 3. The minimum atomic E-state index is -0.527. The molecule has 2 aromatic rings. The van der Waals surface area contributed by atoms with Gasteiger partial charge in [-0.05, 0) is 67.5 Å². The first-order valence-corrected chi connectivity index (χ1v) is 13.2. The van der Waals surface area contributed by atoms with Crippen LogP contribution in [0.25, 0.3) is 0 Å². The molecule has 0 aromatic heterocycles. The zero-order chi connectivity index (χ0) is 27.4. The molecule has 1 saturated heterocycles. The Morgan fingerprint density at radius 3 is 2.49 bits per heavy atom. The molecule has 2 aliphatic rings. The van der Waals surface area contributed by atoms with Crippen LogP contribution in [-0.2, 0) is 9.59 Å². The van der Waals surface area contributed by atoms with Gasteiger partial charge in [0.1, 0.15) is 5.82 Å². The van der Waals surface area contributed by atoms with E-state index in [0.717, 1.165) is 12.0 Å². The van der Waals surface area contributed by atoms with E-state index in [2.05, 4.69) is 36.7 Å². The third-order valence-corrected chi connectivity index (χ3v) is 7.27. The van der Waals surface area contributed by atoms with Crippen molar-refractivity contribution in [1.82, 2.24) is 10.6 Å². The van der Waals surface area contributed by atoms with E-state index in [1.54, 1.807) is 6.92 Å². The molecule has 1 aliphatic carbocycles. The lowest BCUT2D eigenvalue weighted by molar-refractivity contribution is -0.120. The summed E-state index contributed by atoms with van der Waals surface area (Å²) in [6, 6.07) is 12.1. The Morgan fingerprint density at radius 1 is 1.22 bits per heavy atom. The van der Waals surface area contributed by atoms with Crippen molar-refractivity contribution in [3.05, 3.63) is 63.9 Å². The minimum absolute atomic E-state index is 0.00182. The van der Waals surface area contributed by atoms with Gasteiger partial charge in [-0.1, -0.05) is 56.1 Å². The van der Waals surface area contributed by atoms with E-state index < -0.39 is 11.4 Å². The van der Waals surface area contributed by atoms with Gasteiger partial charge in [-0.2, -0.15) is 0 Å². The van der Waals surface area contributed by atoms with Gasteiger partial charge in [-0.25, -0.2) is 4.39 Å². The highest BCUT2D eigenvalue weighted by molar-refractivity contribution is 6.31. The molecule has 1 heterocycles. The molecule has 4 N–H and O–H groups in total. The van der Waals surface area contributed by atoms with E-state index in [1.807, 2.05) is 24.3 Å². The molecule has 1 aliphatic heterocycles. The summed E-state index contributed by atoms with van der Waals surface area (Å²) in [4.78, 5) is 23.1. The third-order valence-electron chi connectivity index (χ3n) is 6.74. The summed E-state index contributed by atoms with van der Waals surface area (Å²) in [6.45, 7) is 8.96. The summed E-state index contributed by atoms with van der Waals surface area (Å²) < 4.78 is 13.4. The van der Waals surface area contributed by atoms with Crippen LogP contribution >= 0.6 is 23.2 Å². The Kier molecular flexibility index (Phi) is 9.62. The number of rotatable bonds is 6. The Hall–Kier alpha value is -2.19. The van der Waals surface area contributed by atoms with Crippen LogP contribution < -0.4 is 16.0 Å². The molecule has 2 fully saturated rings. The zero-order valence-electron chi connectivity index (χ0n) is 21.7. The highest BCUT2D eigenvalue weighted by atomic mass is 35.5. The van der Waals surface area contributed by atoms with Gasteiger partial charge in [0.15, 0.2) is 0 Å². The van der Waals surface area contributed by atoms with Gasteiger partial charge in [-0.15, -0.1) is 0 Å². The molecule has 4 rings (SSSR count). The highest BCUT2D eigenvalue weighted by Gasteiger charge is 2.43. The predicted molar refractivity (Wildman–Crippen MR) is 146 cm³/mol. The molecule has 2 amide bonds. The Morgan fingerprint density at radius 2 is 1.92 bits per heavy atom. The molecule has 37 heavy (non-hydrogen) atoms. The maximum absolute atomic E-state index is 13.4. The minimum Gasteiger partial charge on any atom is -0.390 e. The molecule has 3 atom stereocenters. The average molecular weight is 553 g/mol. The molecule has 202 valence electrons. The first-order valence-electron chi connectivity index (χ1n) is 12.4. The predicted octanol–water partition coefficient (Wildman–Crippen LogP) is 5.52. The van der Waals surface area contributed by atoms with Crippen LogP contribution in [0.3, 0.4) is 0 Å². The average Bonchev–Trinajstić information content (AvgIpc) is 3.18. The van der Waals surface area contributed by atoms with Crippen molar-refractivity contribution in [3.63, 3.8) is 0 Å². The molecular weight excluding hydrogens is 516 g/mol. The van der Waals surface area contributed by atoms with E-state index in [4.69, 9.17) is 28.3 Å². The van der Waals surface area contributed by atoms with E-state index >= 15 is 0 Å². The summed E-state index contributed by atoms with van der Waals surface area (Å²) in [5.41, 5.74) is 1.07. The van der Waals surface area contributed by atoms with Crippen LogP contribution in [0.1, 0.15) is 58.4 Å². The summed E-state index contributed by atoms with van der Waals surface area (Å²) in [5, 5.41) is 18.8. The normalized spacial score (nSPS) is 26.9. The first-order chi connectivity index (χ1) is 17.3. The van der Waals surface area contributed by atoms with Crippen LogP contribution in [0.4, 0.5) is 10.1 Å². The topological polar surface area (TPSA) is 90.5 Å². The quantitative estimate of drug-likeness (QED) is 0.355. The summed E-state index contributed by atoms with van der Waals surface area (Å²) >= 11 is 12.0. The summed E-state index contributed by atoms with van der Waals surface area (Å²) in [5.74, 6) is -0.889. The Bertz CT molecular complexity index is 1100. The number of carbonyl (C=O) groups is 2. The van der Waals surface area contributed by atoms with E-state index in [0.29, 0.717) is 36.5 Å². The summed E-state index contributed by atoms with van der Waals surface area (Å²) in [6.07, 6.45) is 2.91. The van der Waals surface area contributed by atoms with E-state index in [9.17, 15) is 14.0 Å². The van der Waals surface area contributed by atoms with E-state index in [1.165, 1.54) is 18.2 Å². The maximum Gasteiger partial charge on any atom is 0.229 e. The lowest BCUT2D eigenvalue weighted by Gasteiger charge is -2.40. The van der Waals surface area contributed by atoms with Crippen molar-refractivity contribution in [3.8, 4) is 0 Å². The van der Waals surface area contributed by atoms with Crippen LogP contribution in [0.15, 0.2) is 42.5 Å². The van der Waals surface area contributed by atoms with Gasteiger partial charge in [0.2, 0.25) is 12.3 Å². The fourth-order valence-corrected chi connectivity index (χ4v) is 5.49. The fourth-order valence-electron chi connectivity index (χ4n) is 5.11. The number of carbonyl (C=O) groups excluding carboxylic acids is 2. The number of aliphatic hydroxyl groups is 1. The van der Waals surface area contributed by atoms with Crippen LogP contribution in [0, 0.1) is 17.2 Å². The molecular formula is C28H36Cl2FN3O3. The van der Waals surface area contributed by atoms with Crippen molar-refractivity contribution >= 4 is 41.2 Å². The highest BCUT2D eigenvalue weighted by Crippen LogP contribution is 2.38. The second-order valence-corrected chi connectivity index (χ2v) is 12.3. The number of anilines is 1. The number of halogens is 3. The molecule has 9 heteroatoms. The second-order valence-electron chi connectivity index (χ2n) is 11.5. The van der Waals surface area contributed by atoms with Gasteiger partial charge in [0.05, 0.1) is 16.5 Å². The fraction of sp³-hybridized carbons (Fsp3) is 0.500. The Balaban J connectivity index is 0.000000356. The van der Waals surface area contributed by atoms with Crippen molar-refractivity contribution < 1.29 is 19.1 Å². The molecule has 3 unspecified atom stereocenters. The number of hydrogen-bond acceptors (Lipinski definition) is 4. The molecule has 1 saturated carbocycles. The second kappa shape index (κ2) is 12.1. The van der Waals surface area contributed by atoms with Gasteiger partial charge >= 0.3 is 0 Å². The third kappa shape index (κ3) is 8.40. The monoisotopic (exact) mass is 551 g/mol. The molecule has 2 aromatic carbocycles. The lowest BCUT2D eigenvalue weighted by atomic mass is 9.77. The number of hydrogen-bond donors (Lipinski definition) is 4. The van der Waals surface area contributed by atoms with Crippen molar-refractivity contribution in [1.29, 1.82) is 0 Å². The summed E-state index contributed by atoms with van der Waals surface area (Å²) in [7, 11) is 0. The van der Waals surface area contributed by atoms with E-state index in [-0.39, 0.29) is 40.3 Å². The zero-order valence-corrected chi connectivity index (χ0v) is 23.2. The lowest BCUT2D eigenvalue weighted by Crippen LogP contribution is -2.51. The van der Waals surface area contributed by atoms with Gasteiger partial charge in [0.25, 0.3) is 0 Å². The van der Waals surface area contributed by atoms with Gasteiger partial charge in [0, 0.05) is 35.3 Å². The molecule has 6 nitrogen and oxygen atoms in total. The van der Waals surface area contributed by atoms with Gasteiger partial charge < -0.3 is 21.1 Å². The smallest absolute Gasteiger partial charge is 0.229 e. The van der Waals surface area contributed by atoms with Crippen LogP contribution in [-0.4, -0.2) is 41.7 Å². The molecule has 0 radical (unpaired) electrons. The number of amides is 2. The standard InChI is InChI=1S/C22H25Cl2FN2O.C6H11NO2/c1-22(2,3)11-19-20(16(12-26-19)13-5-4-6-14(23)9-13)21(28)27-15-7-8-18(25)17(24)10-15;1-6(9)2-5(3-6)7-4-8/h4-10,16,19-20,26H,11-12H2,1-3H3,(H,27,28);4-5,9H,2-3H2,1H3,(H,7,8). The number of benzene rings is 2. The molecule has 0 bridgehead atoms. The first kappa shape index (κ1) is 29.4. The largest absolute Gasteiger partial charge is 0.390 e. The van der Waals surface area contributed by atoms with Crippen molar-refractivity contribution in [2.24, 2.45) is 11.3 Å². The Labute approximate surface area is 228 Å². The maximum atomic E-state index is 13.4.